The Bertz CT molecular complexity index is 2050. The molecule has 4 aliphatic rings. The molecular weight excluding hydrogens is 738 g/mol. The smallest absolute Gasteiger partial charge is 0.404 e. The second-order valence-corrected chi connectivity index (χ2v) is 32.0. The van der Waals surface area contributed by atoms with Crippen molar-refractivity contribution in [1.82, 2.24) is 13.2 Å². The van der Waals surface area contributed by atoms with Crippen molar-refractivity contribution < 1.29 is 9.36 Å². The number of hydrogen-bond donors (Lipinski definition) is 1. The van der Waals surface area contributed by atoms with Crippen molar-refractivity contribution in [2.45, 2.75) is 178 Å². The number of nitrogens with zero attached hydrogens (tertiary/aromatic N) is 5. The van der Waals surface area contributed by atoms with Crippen LogP contribution in [0.25, 0.3) is 0 Å². The number of rotatable bonds is 7. The summed E-state index contributed by atoms with van der Waals surface area (Å²) in [6.45, 7) is 43.5. The standard InChI is InChI=1S/C47H75N5OPSi2/c1-30(2)39-25-22-26-40(31(3)4)42(39)50-41-37-27-28-38(29-37)43(41)54(51(46(11,12)13)55(17,18)52(54)47(14,15)16)44(36-23-20-19-21-24-36)56(50,53)45-48(32(5)6)34(9)35(10)49(45)33(7)8/h19-26,30-33,37-38,53H,27-29H2,1-18H3/q+1/t37-,38+,56-/m0/s1. The molecule has 1 N–H and O–H groups in total. The van der Waals surface area contributed by atoms with Gasteiger partial charge in [0.1, 0.15) is 11.4 Å². The highest BCUT2D eigenvalue weighted by Gasteiger charge is 2.76. The summed E-state index contributed by atoms with van der Waals surface area (Å²) in [7, 11) is -8.91. The number of hydrogen-bond acceptors (Lipinski definition) is 4. The Kier molecular flexibility index (Phi) is 10.2. The van der Waals surface area contributed by atoms with Gasteiger partial charge < -0.3 is 9.36 Å². The van der Waals surface area contributed by atoms with Crippen molar-refractivity contribution in [2.75, 3.05) is 4.57 Å². The number of benzene rings is 2. The van der Waals surface area contributed by atoms with E-state index in [1.54, 1.807) is 5.31 Å². The summed E-state index contributed by atoms with van der Waals surface area (Å²) in [5.41, 5.74) is 10.2. The van der Waals surface area contributed by atoms with E-state index in [0.717, 1.165) is 5.45 Å². The molecule has 1 aromatic heterocycles. The summed E-state index contributed by atoms with van der Waals surface area (Å²) in [4.78, 5) is 17.2. The molecule has 7 rings (SSSR count). The first-order chi connectivity index (χ1) is 25.9. The summed E-state index contributed by atoms with van der Waals surface area (Å²) < 4.78 is 14.2. The number of para-hydroxylation sites is 1. The fraction of sp³-hybridized carbons (Fsp3) is 0.617. The van der Waals surface area contributed by atoms with E-state index in [9.17, 15) is 0 Å². The average Bonchev–Trinajstić information content (AvgIpc) is 3.76. The summed E-state index contributed by atoms with van der Waals surface area (Å²) in [5.74, 6) is 1.52. The maximum absolute atomic E-state index is 15.8. The SMILES string of the molecule is Cc1c(C)[n+](C(C)C)c([Si@@]2(O)C(c3ccccc3)=P3(C4=C([C@H]5CC[C@@H]4C5)N2c2c(C(C)C)cccc2C(C)C)N(C(C)(C)C)[Si](C)(C)N3C(C)(C)C)n1C(C)C. The summed E-state index contributed by atoms with van der Waals surface area (Å²) in [5, 5.41) is 1.71. The third-order valence-corrected chi connectivity index (χ3v) is 31.2. The first kappa shape index (κ1) is 41.9. The van der Waals surface area contributed by atoms with Crippen molar-refractivity contribution in [3.8, 4) is 0 Å². The Morgan fingerprint density at radius 1 is 0.750 bits per heavy atom. The largest absolute Gasteiger partial charge is 0.469 e. The van der Waals surface area contributed by atoms with Gasteiger partial charge >= 0.3 is 8.48 Å². The molecule has 0 unspecified atom stereocenters. The van der Waals surface area contributed by atoms with Gasteiger partial charge in [0.15, 0.2) is 0 Å². The molecule has 2 fully saturated rings. The number of aromatic nitrogens is 2. The predicted molar refractivity (Wildman–Crippen MR) is 246 cm³/mol. The van der Waals surface area contributed by atoms with E-state index in [-0.39, 0.29) is 23.2 Å². The Morgan fingerprint density at radius 2 is 1.27 bits per heavy atom. The lowest BCUT2D eigenvalue weighted by Crippen LogP contribution is -2.85. The van der Waals surface area contributed by atoms with Gasteiger partial charge in [-0.2, -0.15) is 0 Å². The topological polar surface area (TPSA) is 38.8 Å². The van der Waals surface area contributed by atoms with Crippen LogP contribution >= 0.6 is 7.19 Å². The van der Waals surface area contributed by atoms with Crippen molar-refractivity contribution in [3.05, 3.63) is 87.6 Å². The zero-order valence-corrected chi connectivity index (χ0v) is 41.2. The monoisotopic (exact) mass is 813 g/mol. The quantitative estimate of drug-likeness (QED) is 0.147. The lowest BCUT2D eigenvalue weighted by atomic mass is 9.91. The van der Waals surface area contributed by atoms with Gasteiger partial charge in [-0.15, -0.1) is 0 Å². The highest BCUT2D eigenvalue weighted by atomic mass is 31.2. The van der Waals surface area contributed by atoms with Crippen molar-refractivity contribution >= 4 is 40.1 Å². The van der Waals surface area contributed by atoms with E-state index in [2.05, 4.69) is 195 Å². The maximum Gasteiger partial charge on any atom is 0.469 e. The van der Waals surface area contributed by atoms with Crippen LogP contribution in [0.1, 0.15) is 168 Å². The van der Waals surface area contributed by atoms with E-state index in [1.807, 2.05) is 0 Å². The zero-order chi connectivity index (χ0) is 41.4. The zero-order valence-electron chi connectivity index (χ0n) is 38.3. The molecule has 3 atom stereocenters. The minimum absolute atomic E-state index is 0.110. The van der Waals surface area contributed by atoms with Crippen LogP contribution in [0.4, 0.5) is 5.69 Å². The molecule has 1 saturated heterocycles. The molecule has 2 aliphatic heterocycles. The Balaban J connectivity index is 1.88. The lowest BCUT2D eigenvalue weighted by Gasteiger charge is -2.77. The van der Waals surface area contributed by atoms with Gasteiger partial charge in [-0.3, -0.25) is 8.67 Å². The minimum Gasteiger partial charge on any atom is -0.404 e. The average molecular weight is 813 g/mol. The molecule has 3 heterocycles. The van der Waals surface area contributed by atoms with E-state index >= 15 is 4.80 Å². The van der Waals surface area contributed by atoms with Crippen LogP contribution in [0.5, 0.6) is 0 Å². The molecular formula is C47H75N5OPSi2+. The maximum atomic E-state index is 15.8. The molecule has 306 valence electrons. The molecule has 6 nitrogen and oxygen atoms in total. The van der Waals surface area contributed by atoms with Crippen molar-refractivity contribution in [2.24, 2.45) is 11.8 Å². The van der Waals surface area contributed by atoms with Gasteiger partial charge in [0.25, 0.3) is 5.45 Å². The molecule has 1 spiro atoms. The molecule has 0 amide bonds. The Morgan fingerprint density at radius 3 is 1.73 bits per heavy atom. The van der Waals surface area contributed by atoms with Gasteiger partial charge in [-0.1, -0.05) is 76.2 Å². The first-order valence-electron chi connectivity index (χ1n) is 21.9. The molecule has 2 bridgehead atoms. The second-order valence-electron chi connectivity index (χ2n) is 21.3. The van der Waals surface area contributed by atoms with Crippen LogP contribution in [0.2, 0.25) is 13.1 Å². The summed E-state index contributed by atoms with van der Waals surface area (Å²) in [6, 6.07) is 18.8. The molecule has 9 heteroatoms. The number of imidazole rings is 1. The van der Waals surface area contributed by atoms with Crippen LogP contribution in [-0.4, -0.2) is 50.9 Å². The lowest BCUT2D eigenvalue weighted by molar-refractivity contribution is -0.705. The predicted octanol–water partition coefficient (Wildman–Crippen LogP) is 11.1. The van der Waals surface area contributed by atoms with Crippen molar-refractivity contribution in [3.63, 3.8) is 0 Å². The Labute approximate surface area is 343 Å². The van der Waals surface area contributed by atoms with Gasteiger partial charge in [-0.05, 0) is 142 Å². The fourth-order valence-corrected chi connectivity index (χ4v) is 36.3. The van der Waals surface area contributed by atoms with Crippen LogP contribution < -0.4 is 14.6 Å². The third-order valence-electron chi connectivity index (χ3n) is 13.6. The Hall–Kier alpha value is -2.20. The molecule has 2 aliphatic carbocycles. The molecule has 3 aromatic rings. The van der Waals surface area contributed by atoms with E-state index in [4.69, 9.17) is 0 Å². The van der Waals surface area contributed by atoms with Gasteiger partial charge in [0, 0.05) is 53.7 Å². The molecule has 56 heavy (non-hydrogen) atoms. The number of allylic oxidation sites excluding steroid dienone is 2. The van der Waals surface area contributed by atoms with Crippen LogP contribution in [0.3, 0.4) is 0 Å². The van der Waals surface area contributed by atoms with Gasteiger partial charge in [0.2, 0.25) is 8.40 Å². The highest BCUT2D eigenvalue weighted by molar-refractivity contribution is 7.87. The fourth-order valence-electron chi connectivity index (χ4n) is 12.6. The van der Waals surface area contributed by atoms with Crippen LogP contribution in [0.15, 0.2) is 59.5 Å². The van der Waals surface area contributed by atoms with Crippen molar-refractivity contribution in [1.29, 1.82) is 0 Å². The van der Waals surface area contributed by atoms with E-state index in [1.165, 1.54) is 63.6 Å². The van der Waals surface area contributed by atoms with Crippen LogP contribution in [-0.2, 0) is 0 Å². The first-order valence-corrected chi connectivity index (χ1v) is 28.3. The molecule has 2 aromatic carbocycles. The van der Waals surface area contributed by atoms with Gasteiger partial charge in [-0.25, -0.2) is 9.13 Å². The number of anilines is 1. The van der Waals surface area contributed by atoms with Gasteiger partial charge in [0.05, 0.1) is 12.1 Å². The van der Waals surface area contributed by atoms with Crippen LogP contribution in [0, 0.1) is 25.7 Å². The molecule has 1 saturated carbocycles. The summed E-state index contributed by atoms with van der Waals surface area (Å²) in [6.07, 6.45) is 3.64. The summed E-state index contributed by atoms with van der Waals surface area (Å²) >= 11 is 0. The third kappa shape index (κ3) is 5.58. The normalized spacial score (nSPS) is 25.2. The minimum atomic E-state index is -4.06. The number of fused-ring (bicyclic) bond motifs is 5. The van der Waals surface area contributed by atoms with E-state index < -0.39 is 24.1 Å². The second kappa shape index (κ2) is 13.7. The molecule has 0 radical (unpaired) electrons. The highest BCUT2D eigenvalue weighted by Crippen LogP contribution is 2.84. The van der Waals surface area contributed by atoms with E-state index in [0.29, 0.717) is 23.7 Å².